The van der Waals surface area contributed by atoms with Crippen LogP contribution in [0.1, 0.15) is 22.9 Å². The van der Waals surface area contributed by atoms with Gasteiger partial charge in [-0.2, -0.15) is 0 Å². The summed E-state index contributed by atoms with van der Waals surface area (Å²) in [7, 11) is 0. The van der Waals surface area contributed by atoms with E-state index in [0.29, 0.717) is 11.4 Å². The molecule has 2 nitrogen and oxygen atoms in total. The molecule has 1 N–H and O–H groups in total. The van der Waals surface area contributed by atoms with E-state index < -0.39 is 6.10 Å². The lowest BCUT2D eigenvalue weighted by molar-refractivity contribution is 0.176. The molecule has 0 aliphatic heterocycles. The third-order valence-electron chi connectivity index (χ3n) is 2.82. The van der Waals surface area contributed by atoms with E-state index in [4.69, 9.17) is 11.6 Å². The highest BCUT2D eigenvalue weighted by Gasteiger charge is 2.14. The average molecular weight is 327 g/mol. The zero-order chi connectivity index (χ0) is 13.1. The van der Waals surface area contributed by atoms with E-state index >= 15 is 0 Å². The van der Waals surface area contributed by atoms with Crippen LogP contribution in [-0.4, -0.2) is 10.1 Å². The maximum absolute atomic E-state index is 10.3. The molecule has 2 aromatic rings. The van der Waals surface area contributed by atoms with Crippen molar-refractivity contribution in [2.75, 3.05) is 0 Å². The standard InChI is InChI=1S/C14H13BrClNO/c1-9-3-2-6-17-13(9)8-14(18)11-7-10(16)4-5-12(11)15/h2-7,14,18H,8H2,1H3. The van der Waals surface area contributed by atoms with Crippen molar-refractivity contribution in [1.82, 2.24) is 4.98 Å². The normalized spacial score (nSPS) is 12.4. The van der Waals surface area contributed by atoms with E-state index in [-0.39, 0.29) is 0 Å². The van der Waals surface area contributed by atoms with Gasteiger partial charge in [-0.05, 0) is 42.3 Å². The Bertz CT molecular complexity index is 559. The Balaban J connectivity index is 2.25. The van der Waals surface area contributed by atoms with Gasteiger partial charge in [0, 0.05) is 27.8 Å². The number of aryl methyl sites for hydroxylation is 1. The van der Waals surface area contributed by atoms with Crippen LogP contribution in [-0.2, 0) is 6.42 Å². The minimum atomic E-state index is -0.619. The summed E-state index contributed by atoms with van der Waals surface area (Å²) in [6.45, 7) is 1.99. The van der Waals surface area contributed by atoms with Crippen LogP contribution in [0.3, 0.4) is 0 Å². The molecule has 0 spiro atoms. The molecule has 0 saturated carbocycles. The van der Waals surface area contributed by atoms with Gasteiger partial charge in [0.15, 0.2) is 0 Å². The molecule has 1 aromatic carbocycles. The van der Waals surface area contributed by atoms with E-state index in [1.807, 2.05) is 25.1 Å². The molecular weight excluding hydrogens is 314 g/mol. The van der Waals surface area contributed by atoms with Gasteiger partial charge in [0.1, 0.15) is 0 Å². The molecule has 0 fully saturated rings. The summed E-state index contributed by atoms with van der Waals surface area (Å²) < 4.78 is 0.855. The Labute approximate surface area is 120 Å². The molecule has 1 heterocycles. The number of nitrogens with zero attached hydrogens (tertiary/aromatic N) is 1. The number of aliphatic hydroxyl groups excluding tert-OH is 1. The van der Waals surface area contributed by atoms with Crippen LogP contribution in [0.15, 0.2) is 41.0 Å². The highest BCUT2D eigenvalue weighted by Crippen LogP contribution is 2.28. The summed E-state index contributed by atoms with van der Waals surface area (Å²) in [5.41, 5.74) is 2.76. The van der Waals surface area contributed by atoms with Crippen LogP contribution in [0, 0.1) is 6.92 Å². The van der Waals surface area contributed by atoms with Gasteiger partial charge in [0.2, 0.25) is 0 Å². The lowest BCUT2D eigenvalue weighted by atomic mass is 10.0. The molecule has 18 heavy (non-hydrogen) atoms. The quantitative estimate of drug-likeness (QED) is 0.922. The molecule has 0 radical (unpaired) electrons. The number of hydrogen-bond acceptors (Lipinski definition) is 2. The Morgan fingerprint density at radius 2 is 2.17 bits per heavy atom. The van der Waals surface area contributed by atoms with Crippen molar-refractivity contribution in [3.8, 4) is 0 Å². The molecule has 0 aliphatic rings. The number of hydrogen-bond donors (Lipinski definition) is 1. The second-order valence-corrected chi connectivity index (χ2v) is 5.44. The van der Waals surface area contributed by atoms with Gasteiger partial charge in [0.05, 0.1) is 6.10 Å². The smallest absolute Gasteiger partial charge is 0.0856 e. The van der Waals surface area contributed by atoms with Gasteiger partial charge in [-0.1, -0.05) is 33.6 Å². The van der Waals surface area contributed by atoms with Crippen molar-refractivity contribution in [1.29, 1.82) is 0 Å². The van der Waals surface area contributed by atoms with E-state index in [1.165, 1.54) is 0 Å². The van der Waals surface area contributed by atoms with Crippen molar-refractivity contribution < 1.29 is 5.11 Å². The van der Waals surface area contributed by atoms with Gasteiger partial charge in [-0.3, -0.25) is 4.98 Å². The topological polar surface area (TPSA) is 33.1 Å². The van der Waals surface area contributed by atoms with Gasteiger partial charge < -0.3 is 5.11 Å². The monoisotopic (exact) mass is 325 g/mol. The SMILES string of the molecule is Cc1cccnc1CC(O)c1cc(Cl)ccc1Br. The number of pyridine rings is 1. The van der Waals surface area contributed by atoms with Crippen LogP contribution in [0.25, 0.3) is 0 Å². The number of aromatic nitrogens is 1. The zero-order valence-electron chi connectivity index (χ0n) is 9.90. The predicted octanol–water partition coefficient (Wildman–Crippen LogP) is 4.08. The molecule has 0 aliphatic carbocycles. The summed E-state index contributed by atoms with van der Waals surface area (Å²) in [6, 6.07) is 9.28. The van der Waals surface area contributed by atoms with E-state index in [9.17, 15) is 5.11 Å². The summed E-state index contributed by atoms with van der Waals surface area (Å²) in [6.07, 6.45) is 1.60. The van der Waals surface area contributed by atoms with Gasteiger partial charge in [-0.15, -0.1) is 0 Å². The molecule has 0 saturated heterocycles. The lowest BCUT2D eigenvalue weighted by Crippen LogP contribution is -2.05. The van der Waals surface area contributed by atoms with Crippen molar-refractivity contribution in [3.05, 3.63) is 62.8 Å². The molecular formula is C14H13BrClNO. The van der Waals surface area contributed by atoms with Gasteiger partial charge in [0.25, 0.3) is 0 Å². The minimum absolute atomic E-state index is 0.478. The summed E-state index contributed by atoms with van der Waals surface area (Å²) >= 11 is 9.37. The van der Waals surface area contributed by atoms with Gasteiger partial charge in [-0.25, -0.2) is 0 Å². The summed E-state index contributed by atoms with van der Waals surface area (Å²) in [5.74, 6) is 0. The largest absolute Gasteiger partial charge is 0.388 e. The highest BCUT2D eigenvalue weighted by atomic mass is 79.9. The van der Waals surface area contributed by atoms with E-state index in [0.717, 1.165) is 21.3 Å². The molecule has 94 valence electrons. The molecule has 2 rings (SSSR count). The number of halogens is 2. The fourth-order valence-electron chi connectivity index (χ4n) is 1.80. The molecule has 1 aromatic heterocycles. The van der Waals surface area contributed by atoms with Crippen molar-refractivity contribution in [2.24, 2.45) is 0 Å². The van der Waals surface area contributed by atoms with Crippen LogP contribution >= 0.6 is 27.5 Å². The Morgan fingerprint density at radius 1 is 1.39 bits per heavy atom. The van der Waals surface area contributed by atoms with Gasteiger partial charge >= 0.3 is 0 Å². The Kier molecular flexibility index (Phi) is 4.38. The van der Waals surface area contributed by atoms with Crippen LogP contribution in [0.5, 0.6) is 0 Å². The van der Waals surface area contributed by atoms with Crippen molar-refractivity contribution in [3.63, 3.8) is 0 Å². The Morgan fingerprint density at radius 3 is 2.89 bits per heavy atom. The maximum Gasteiger partial charge on any atom is 0.0856 e. The number of benzene rings is 1. The van der Waals surface area contributed by atoms with E-state index in [1.54, 1.807) is 18.3 Å². The minimum Gasteiger partial charge on any atom is -0.388 e. The fraction of sp³-hybridized carbons (Fsp3) is 0.214. The summed E-state index contributed by atoms with van der Waals surface area (Å²) in [5, 5.41) is 10.9. The highest BCUT2D eigenvalue weighted by molar-refractivity contribution is 9.10. The second kappa shape index (κ2) is 5.83. The first-order valence-corrected chi connectivity index (χ1v) is 6.78. The zero-order valence-corrected chi connectivity index (χ0v) is 12.2. The lowest BCUT2D eigenvalue weighted by Gasteiger charge is -2.14. The molecule has 1 atom stereocenters. The first kappa shape index (κ1) is 13.5. The summed E-state index contributed by atoms with van der Waals surface area (Å²) in [4.78, 5) is 4.29. The van der Waals surface area contributed by atoms with E-state index in [2.05, 4.69) is 20.9 Å². The second-order valence-electron chi connectivity index (χ2n) is 4.15. The van der Waals surface area contributed by atoms with Crippen molar-refractivity contribution in [2.45, 2.75) is 19.4 Å². The number of rotatable bonds is 3. The van der Waals surface area contributed by atoms with Crippen LogP contribution in [0.2, 0.25) is 5.02 Å². The Hall–Kier alpha value is -0.900. The fourth-order valence-corrected chi connectivity index (χ4v) is 2.49. The van der Waals surface area contributed by atoms with Crippen LogP contribution < -0.4 is 0 Å². The first-order chi connectivity index (χ1) is 8.58. The third kappa shape index (κ3) is 3.10. The van der Waals surface area contributed by atoms with Crippen LogP contribution in [0.4, 0.5) is 0 Å². The molecule has 4 heteroatoms. The molecule has 0 amide bonds. The average Bonchev–Trinajstić information content (AvgIpc) is 2.35. The van der Waals surface area contributed by atoms with Crippen molar-refractivity contribution >= 4 is 27.5 Å². The third-order valence-corrected chi connectivity index (χ3v) is 3.78. The first-order valence-electron chi connectivity index (χ1n) is 5.61. The molecule has 1 unspecified atom stereocenters. The number of aliphatic hydroxyl groups is 1. The molecule has 0 bridgehead atoms. The maximum atomic E-state index is 10.3. The predicted molar refractivity (Wildman–Crippen MR) is 76.8 cm³/mol.